The van der Waals surface area contributed by atoms with E-state index in [9.17, 15) is 14.4 Å². The number of hydrogen-bond donors (Lipinski definition) is 2. The van der Waals surface area contributed by atoms with E-state index in [1.165, 1.54) is 6.07 Å². The van der Waals surface area contributed by atoms with Crippen molar-refractivity contribution in [3.05, 3.63) is 75.8 Å². The van der Waals surface area contributed by atoms with Crippen LogP contribution in [0.5, 0.6) is 5.75 Å². The highest BCUT2D eigenvalue weighted by Crippen LogP contribution is 2.30. The lowest BCUT2D eigenvalue weighted by molar-refractivity contribution is -0.136. The minimum absolute atomic E-state index is 0.180. The van der Waals surface area contributed by atoms with Crippen LogP contribution < -0.4 is 15.7 Å². The lowest BCUT2D eigenvalue weighted by Crippen LogP contribution is -2.46. The largest absolute Gasteiger partial charge is 0.444 e. The van der Waals surface area contributed by atoms with Crippen LogP contribution in [-0.2, 0) is 16.0 Å². The van der Waals surface area contributed by atoms with Crippen molar-refractivity contribution in [3.63, 3.8) is 0 Å². The third kappa shape index (κ3) is 5.54. The standard InChI is InChI=1S/C27H28N2O6/c1-15-10-21-24(16(2)12-23(30)33-21)22(11-15)34-25(31)20(29-26(32)35-27(3,4)5)13-17-14-28-19-9-7-6-8-18(17)19/h6-12,14,20,28H,13H2,1-5H3,(H,29,32)/t20-/m1/s1. The summed E-state index contributed by atoms with van der Waals surface area (Å²) in [4.78, 5) is 41.0. The molecule has 0 unspecified atom stereocenters. The highest BCUT2D eigenvalue weighted by molar-refractivity contribution is 5.92. The van der Waals surface area contributed by atoms with Crippen LogP contribution in [0.1, 0.15) is 37.5 Å². The first-order chi connectivity index (χ1) is 16.5. The molecule has 1 amide bonds. The summed E-state index contributed by atoms with van der Waals surface area (Å²) in [6.07, 6.45) is 1.26. The van der Waals surface area contributed by atoms with Crippen LogP contribution >= 0.6 is 0 Å². The Morgan fingerprint density at radius 2 is 1.86 bits per heavy atom. The van der Waals surface area contributed by atoms with Crippen LogP contribution in [0.3, 0.4) is 0 Å². The molecule has 2 heterocycles. The maximum atomic E-state index is 13.4. The Kier molecular flexibility index (Phi) is 6.39. The number of ether oxygens (including phenoxy) is 2. The van der Waals surface area contributed by atoms with Gasteiger partial charge in [-0.05, 0) is 69.5 Å². The maximum Gasteiger partial charge on any atom is 0.408 e. The average Bonchev–Trinajstić information content (AvgIpc) is 3.14. The van der Waals surface area contributed by atoms with Crippen LogP contribution in [0.25, 0.3) is 21.9 Å². The molecule has 1 atom stereocenters. The fourth-order valence-electron chi connectivity index (χ4n) is 4.00. The van der Waals surface area contributed by atoms with Gasteiger partial charge in [-0.25, -0.2) is 14.4 Å². The van der Waals surface area contributed by atoms with Gasteiger partial charge in [-0.2, -0.15) is 0 Å². The number of carbonyl (C=O) groups is 2. The molecule has 2 aromatic heterocycles. The number of hydrogen-bond acceptors (Lipinski definition) is 6. The van der Waals surface area contributed by atoms with E-state index in [1.807, 2.05) is 37.4 Å². The molecule has 0 radical (unpaired) electrons. The number of carbonyl (C=O) groups excluding carboxylic acids is 2. The first kappa shape index (κ1) is 24.1. The molecule has 2 N–H and O–H groups in total. The Labute approximate surface area is 202 Å². The summed E-state index contributed by atoms with van der Waals surface area (Å²) in [5.41, 5.74) is 2.24. The Morgan fingerprint density at radius 1 is 1.11 bits per heavy atom. The number of aromatic amines is 1. The van der Waals surface area contributed by atoms with Gasteiger partial charge >= 0.3 is 17.7 Å². The van der Waals surface area contributed by atoms with Gasteiger partial charge < -0.3 is 24.2 Å². The highest BCUT2D eigenvalue weighted by Gasteiger charge is 2.28. The van der Waals surface area contributed by atoms with E-state index in [2.05, 4.69) is 10.3 Å². The lowest BCUT2D eigenvalue weighted by Gasteiger charge is -2.23. The van der Waals surface area contributed by atoms with E-state index in [0.717, 1.165) is 22.0 Å². The van der Waals surface area contributed by atoms with E-state index in [1.54, 1.807) is 39.8 Å². The summed E-state index contributed by atoms with van der Waals surface area (Å²) in [5, 5.41) is 4.12. The molecule has 35 heavy (non-hydrogen) atoms. The summed E-state index contributed by atoms with van der Waals surface area (Å²) in [7, 11) is 0. The van der Waals surface area contributed by atoms with E-state index < -0.39 is 29.3 Å². The van der Waals surface area contributed by atoms with Crippen LogP contribution in [0.2, 0.25) is 0 Å². The second kappa shape index (κ2) is 9.29. The number of para-hydroxylation sites is 1. The third-order valence-corrected chi connectivity index (χ3v) is 5.43. The average molecular weight is 477 g/mol. The van der Waals surface area contributed by atoms with Gasteiger partial charge in [0.15, 0.2) is 0 Å². The fraction of sp³-hybridized carbons (Fsp3) is 0.296. The molecular weight excluding hydrogens is 448 g/mol. The number of H-pyrrole nitrogens is 1. The number of rotatable bonds is 5. The number of nitrogens with one attached hydrogen (secondary N) is 2. The SMILES string of the molecule is Cc1cc(OC(=O)[C@@H](Cc2c[nH]c3ccccc23)NC(=O)OC(C)(C)C)c2c(C)cc(=O)oc2c1. The van der Waals surface area contributed by atoms with Gasteiger partial charge in [0.1, 0.15) is 23.0 Å². The molecule has 182 valence electrons. The molecule has 0 spiro atoms. The molecule has 4 rings (SSSR count). The van der Waals surface area contributed by atoms with Gasteiger partial charge in [-0.1, -0.05) is 18.2 Å². The molecule has 0 fully saturated rings. The number of aryl methyl sites for hydroxylation is 2. The van der Waals surface area contributed by atoms with Crippen molar-refractivity contribution in [1.29, 1.82) is 0 Å². The zero-order chi connectivity index (χ0) is 25.3. The Bertz CT molecular complexity index is 1470. The Morgan fingerprint density at radius 3 is 2.60 bits per heavy atom. The number of aromatic nitrogens is 1. The van der Waals surface area contributed by atoms with Crippen molar-refractivity contribution >= 4 is 33.9 Å². The lowest BCUT2D eigenvalue weighted by atomic mass is 10.0. The Hall–Kier alpha value is -4.07. The van der Waals surface area contributed by atoms with Gasteiger partial charge in [-0.15, -0.1) is 0 Å². The molecular formula is C27H28N2O6. The molecule has 8 heteroatoms. The summed E-state index contributed by atoms with van der Waals surface area (Å²) >= 11 is 0. The van der Waals surface area contributed by atoms with E-state index >= 15 is 0 Å². The van der Waals surface area contributed by atoms with Crippen molar-refractivity contribution in [1.82, 2.24) is 10.3 Å². The first-order valence-electron chi connectivity index (χ1n) is 11.3. The van der Waals surface area contributed by atoms with Crippen molar-refractivity contribution in [3.8, 4) is 5.75 Å². The van der Waals surface area contributed by atoms with Crippen molar-refractivity contribution in [2.75, 3.05) is 0 Å². The summed E-state index contributed by atoms with van der Waals surface area (Å²) in [5.74, 6) is -0.417. The van der Waals surface area contributed by atoms with Gasteiger partial charge in [0.2, 0.25) is 0 Å². The molecule has 2 aromatic carbocycles. The summed E-state index contributed by atoms with van der Waals surface area (Å²) < 4.78 is 16.5. The molecule has 0 saturated heterocycles. The third-order valence-electron chi connectivity index (χ3n) is 5.43. The topological polar surface area (TPSA) is 111 Å². The van der Waals surface area contributed by atoms with Crippen LogP contribution in [0.15, 0.2) is 57.9 Å². The normalized spacial score (nSPS) is 12.5. The van der Waals surface area contributed by atoms with Crippen LogP contribution in [0, 0.1) is 13.8 Å². The molecule has 0 aliphatic carbocycles. The second-order valence-corrected chi connectivity index (χ2v) is 9.57. The molecule has 8 nitrogen and oxygen atoms in total. The van der Waals surface area contributed by atoms with Gasteiger partial charge in [0.25, 0.3) is 0 Å². The van der Waals surface area contributed by atoms with E-state index in [4.69, 9.17) is 13.9 Å². The van der Waals surface area contributed by atoms with Crippen LogP contribution in [0.4, 0.5) is 4.79 Å². The second-order valence-electron chi connectivity index (χ2n) is 9.57. The predicted octanol–water partition coefficient (Wildman–Crippen LogP) is 4.93. The van der Waals surface area contributed by atoms with E-state index in [-0.39, 0.29) is 12.2 Å². The van der Waals surface area contributed by atoms with Gasteiger partial charge in [0, 0.05) is 29.6 Å². The van der Waals surface area contributed by atoms with Crippen molar-refractivity contribution in [2.45, 2.75) is 52.7 Å². The smallest absolute Gasteiger partial charge is 0.408 e. The van der Waals surface area contributed by atoms with Gasteiger partial charge in [-0.3, -0.25) is 0 Å². The monoisotopic (exact) mass is 476 g/mol. The number of fused-ring (bicyclic) bond motifs is 2. The van der Waals surface area contributed by atoms with Crippen LogP contribution in [-0.4, -0.2) is 28.7 Å². The van der Waals surface area contributed by atoms with E-state index in [0.29, 0.717) is 16.5 Å². The maximum absolute atomic E-state index is 13.4. The fourth-order valence-corrected chi connectivity index (χ4v) is 4.00. The number of benzene rings is 2. The molecule has 0 aliphatic rings. The van der Waals surface area contributed by atoms with Crippen molar-refractivity contribution in [2.24, 2.45) is 0 Å². The quantitative estimate of drug-likeness (QED) is 0.240. The number of esters is 1. The number of alkyl carbamates (subject to hydrolysis) is 1. The van der Waals surface area contributed by atoms with Crippen molar-refractivity contribution < 1.29 is 23.5 Å². The minimum atomic E-state index is -1.03. The molecule has 4 aromatic rings. The Balaban J connectivity index is 1.68. The van der Waals surface area contributed by atoms with Gasteiger partial charge in [0.05, 0.1) is 5.39 Å². The number of amides is 1. The zero-order valence-corrected chi connectivity index (χ0v) is 20.4. The summed E-state index contributed by atoms with van der Waals surface area (Å²) in [6.45, 7) is 8.79. The predicted molar refractivity (Wildman–Crippen MR) is 133 cm³/mol. The summed E-state index contributed by atoms with van der Waals surface area (Å²) in [6, 6.07) is 11.4. The molecule has 0 saturated carbocycles. The molecule has 0 bridgehead atoms. The molecule has 0 aliphatic heterocycles. The first-order valence-corrected chi connectivity index (χ1v) is 11.3. The highest BCUT2D eigenvalue weighted by atomic mass is 16.6. The minimum Gasteiger partial charge on any atom is -0.444 e. The zero-order valence-electron chi connectivity index (χ0n) is 20.4.